The molecular formula is C16H32N2O2. The molecule has 0 saturated carbocycles. The summed E-state index contributed by atoms with van der Waals surface area (Å²) in [6.45, 7) is 10.9. The Labute approximate surface area is 124 Å². The second kappa shape index (κ2) is 8.32. The van der Waals surface area contributed by atoms with Crippen LogP contribution in [0.3, 0.4) is 0 Å². The van der Waals surface area contributed by atoms with Crippen molar-refractivity contribution in [1.82, 2.24) is 10.2 Å². The van der Waals surface area contributed by atoms with Crippen molar-refractivity contribution < 1.29 is 9.47 Å². The lowest BCUT2D eigenvalue weighted by atomic mass is 9.85. The predicted octanol–water partition coefficient (Wildman–Crippen LogP) is 1.75. The van der Waals surface area contributed by atoms with Gasteiger partial charge in [-0.25, -0.2) is 0 Å². The van der Waals surface area contributed by atoms with Crippen LogP contribution in [0, 0.1) is 11.3 Å². The van der Waals surface area contributed by atoms with E-state index in [1.807, 2.05) is 7.11 Å². The third kappa shape index (κ3) is 4.69. The predicted molar refractivity (Wildman–Crippen MR) is 82.1 cm³/mol. The molecule has 2 fully saturated rings. The molecular weight excluding hydrogens is 252 g/mol. The van der Waals surface area contributed by atoms with Crippen molar-refractivity contribution in [3.05, 3.63) is 0 Å². The Balaban J connectivity index is 1.77. The third-order valence-corrected chi connectivity index (χ3v) is 4.78. The fourth-order valence-electron chi connectivity index (χ4n) is 3.52. The van der Waals surface area contributed by atoms with E-state index in [4.69, 9.17) is 9.47 Å². The van der Waals surface area contributed by atoms with Gasteiger partial charge in [-0.3, -0.25) is 0 Å². The number of rotatable bonds is 8. The summed E-state index contributed by atoms with van der Waals surface area (Å²) in [4.78, 5) is 2.65. The molecule has 20 heavy (non-hydrogen) atoms. The van der Waals surface area contributed by atoms with E-state index in [9.17, 15) is 0 Å². The van der Waals surface area contributed by atoms with E-state index in [-0.39, 0.29) is 0 Å². The van der Waals surface area contributed by atoms with Gasteiger partial charge in [0.25, 0.3) is 0 Å². The number of hydrogen-bond acceptors (Lipinski definition) is 4. The average Bonchev–Trinajstić information content (AvgIpc) is 2.90. The van der Waals surface area contributed by atoms with Crippen LogP contribution >= 0.6 is 0 Å². The fourth-order valence-corrected chi connectivity index (χ4v) is 3.52. The molecule has 0 amide bonds. The monoisotopic (exact) mass is 284 g/mol. The van der Waals surface area contributed by atoms with Crippen molar-refractivity contribution in [3.63, 3.8) is 0 Å². The minimum atomic E-state index is 0.350. The fraction of sp³-hybridized carbons (Fsp3) is 1.00. The Morgan fingerprint density at radius 1 is 1.35 bits per heavy atom. The highest BCUT2D eigenvalue weighted by Crippen LogP contribution is 2.30. The van der Waals surface area contributed by atoms with E-state index in [0.29, 0.717) is 5.41 Å². The Hall–Kier alpha value is -0.160. The molecule has 0 aromatic carbocycles. The zero-order chi connectivity index (χ0) is 14.3. The van der Waals surface area contributed by atoms with E-state index in [0.717, 1.165) is 38.8 Å². The van der Waals surface area contributed by atoms with Crippen LogP contribution in [0.1, 0.15) is 32.6 Å². The van der Waals surface area contributed by atoms with Gasteiger partial charge in [-0.1, -0.05) is 6.92 Å². The molecule has 2 saturated heterocycles. The number of methoxy groups -OCH3 is 1. The van der Waals surface area contributed by atoms with Crippen molar-refractivity contribution in [2.45, 2.75) is 32.6 Å². The maximum Gasteiger partial charge on any atom is 0.0547 e. The molecule has 2 heterocycles. The molecule has 0 aromatic heterocycles. The zero-order valence-electron chi connectivity index (χ0n) is 13.3. The summed E-state index contributed by atoms with van der Waals surface area (Å²) in [5.74, 6) is 0.769. The summed E-state index contributed by atoms with van der Waals surface area (Å²) in [5.41, 5.74) is 0.350. The molecule has 1 N–H and O–H groups in total. The first kappa shape index (κ1) is 16.2. The van der Waals surface area contributed by atoms with Crippen molar-refractivity contribution in [1.29, 1.82) is 0 Å². The second-order valence-corrected chi connectivity index (χ2v) is 6.65. The van der Waals surface area contributed by atoms with Gasteiger partial charge in [0.15, 0.2) is 0 Å². The van der Waals surface area contributed by atoms with Crippen LogP contribution < -0.4 is 5.32 Å². The molecule has 4 heteroatoms. The van der Waals surface area contributed by atoms with Crippen LogP contribution in [0.2, 0.25) is 0 Å². The Kier molecular flexibility index (Phi) is 6.75. The molecule has 0 aliphatic carbocycles. The maximum atomic E-state index is 5.71. The molecule has 2 rings (SSSR count). The smallest absolute Gasteiger partial charge is 0.0547 e. The first-order valence-electron chi connectivity index (χ1n) is 8.28. The summed E-state index contributed by atoms with van der Waals surface area (Å²) in [7, 11) is 1.82. The summed E-state index contributed by atoms with van der Waals surface area (Å²) in [6, 6.07) is 0. The molecule has 0 bridgehead atoms. The lowest BCUT2D eigenvalue weighted by Gasteiger charge is -2.38. The van der Waals surface area contributed by atoms with Crippen molar-refractivity contribution in [2.24, 2.45) is 11.3 Å². The number of nitrogens with zero attached hydrogens (tertiary/aromatic N) is 1. The van der Waals surface area contributed by atoms with Crippen molar-refractivity contribution >= 4 is 0 Å². The highest BCUT2D eigenvalue weighted by atomic mass is 16.5. The number of hydrogen-bond donors (Lipinski definition) is 1. The van der Waals surface area contributed by atoms with Crippen LogP contribution in [0.15, 0.2) is 0 Å². The van der Waals surface area contributed by atoms with Gasteiger partial charge in [0.2, 0.25) is 0 Å². The summed E-state index contributed by atoms with van der Waals surface area (Å²) < 4.78 is 11.0. The quantitative estimate of drug-likeness (QED) is 0.689. The van der Waals surface area contributed by atoms with Crippen molar-refractivity contribution in [2.75, 3.05) is 59.7 Å². The molecule has 2 aliphatic heterocycles. The van der Waals surface area contributed by atoms with Gasteiger partial charge >= 0.3 is 0 Å². The van der Waals surface area contributed by atoms with Gasteiger partial charge in [-0.05, 0) is 51.2 Å². The standard InChI is InChI=1S/C16H32N2O2/c1-3-7-17-12-16(6-10-20-14-16)13-18-8-4-15(5-9-18)11-19-2/h15,17H,3-14H2,1-2H3. The van der Waals surface area contributed by atoms with E-state index in [1.165, 1.54) is 45.3 Å². The van der Waals surface area contributed by atoms with E-state index in [1.54, 1.807) is 0 Å². The second-order valence-electron chi connectivity index (χ2n) is 6.65. The highest BCUT2D eigenvalue weighted by molar-refractivity contribution is 4.89. The van der Waals surface area contributed by atoms with Gasteiger partial charge in [-0.15, -0.1) is 0 Å². The first-order chi connectivity index (χ1) is 9.78. The maximum absolute atomic E-state index is 5.71. The molecule has 4 nitrogen and oxygen atoms in total. The molecule has 0 radical (unpaired) electrons. The Bertz CT molecular complexity index is 259. The van der Waals surface area contributed by atoms with E-state index in [2.05, 4.69) is 17.1 Å². The number of ether oxygens (including phenoxy) is 2. The minimum absolute atomic E-state index is 0.350. The summed E-state index contributed by atoms with van der Waals surface area (Å²) in [6.07, 6.45) is 4.99. The van der Waals surface area contributed by atoms with Gasteiger partial charge in [0.1, 0.15) is 0 Å². The van der Waals surface area contributed by atoms with Gasteiger partial charge in [0.05, 0.1) is 6.61 Å². The van der Waals surface area contributed by atoms with Crippen molar-refractivity contribution in [3.8, 4) is 0 Å². The Morgan fingerprint density at radius 3 is 2.75 bits per heavy atom. The molecule has 1 atom stereocenters. The van der Waals surface area contributed by atoms with Crippen LogP contribution in [-0.2, 0) is 9.47 Å². The number of nitrogens with one attached hydrogen (secondary N) is 1. The van der Waals surface area contributed by atoms with Crippen LogP contribution in [0.4, 0.5) is 0 Å². The van der Waals surface area contributed by atoms with E-state index < -0.39 is 0 Å². The topological polar surface area (TPSA) is 33.7 Å². The van der Waals surface area contributed by atoms with Gasteiger partial charge in [-0.2, -0.15) is 0 Å². The number of likely N-dealkylation sites (tertiary alicyclic amines) is 1. The highest BCUT2D eigenvalue weighted by Gasteiger charge is 2.37. The lowest BCUT2D eigenvalue weighted by molar-refractivity contribution is 0.0646. The zero-order valence-corrected chi connectivity index (χ0v) is 13.3. The van der Waals surface area contributed by atoms with Crippen LogP contribution in [-0.4, -0.2) is 64.6 Å². The molecule has 2 aliphatic rings. The average molecular weight is 284 g/mol. The molecule has 118 valence electrons. The first-order valence-corrected chi connectivity index (χ1v) is 8.28. The SMILES string of the molecule is CCCNCC1(CN2CCC(COC)CC2)CCOC1. The molecule has 1 unspecified atom stereocenters. The van der Waals surface area contributed by atoms with Crippen LogP contribution in [0.5, 0.6) is 0 Å². The lowest BCUT2D eigenvalue weighted by Crippen LogP contribution is -2.47. The minimum Gasteiger partial charge on any atom is -0.384 e. The summed E-state index contributed by atoms with van der Waals surface area (Å²) in [5, 5.41) is 3.61. The largest absolute Gasteiger partial charge is 0.384 e. The third-order valence-electron chi connectivity index (χ3n) is 4.78. The van der Waals surface area contributed by atoms with E-state index >= 15 is 0 Å². The Morgan fingerprint density at radius 2 is 2.15 bits per heavy atom. The molecule has 0 aromatic rings. The normalized spacial score (nSPS) is 29.1. The summed E-state index contributed by atoms with van der Waals surface area (Å²) >= 11 is 0. The van der Waals surface area contributed by atoms with Gasteiger partial charge in [0, 0.05) is 38.8 Å². The van der Waals surface area contributed by atoms with Crippen LogP contribution in [0.25, 0.3) is 0 Å². The number of piperidine rings is 1. The van der Waals surface area contributed by atoms with Gasteiger partial charge < -0.3 is 19.7 Å². The molecule has 0 spiro atoms.